The van der Waals surface area contributed by atoms with Crippen molar-refractivity contribution in [3.8, 4) is 23.5 Å². The van der Waals surface area contributed by atoms with E-state index in [1.807, 2.05) is 67.6 Å². The summed E-state index contributed by atoms with van der Waals surface area (Å²) in [5.74, 6) is 0. The number of para-hydroxylation sites is 4. The fourth-order valence-electron chi connectivity index (χ4n) is 8.16. The van der Waals surface area contributed by atoms with Crippen LogP contribution in [0.25, 0.3) is 98.9 Å². The third-order valence-electron chi connectivity index (χ3n) is 10.2. The molecule has 0 unspecified atom stereocenters. The maximum atomic E-state index is 10.8. The van der Waals surface area contributed by atoms with Crippen molar-refractivity contribution in [3.05, 3.63) is 157 Å². The van der Waals surface area contributed by atoms with Crippen molar-refractivity contribution in [2.75, 3.05) is 0 Å². The molecule has 0 aliphatic carbocycles. The Kier molecular flexibility index (Phi) is 6.57. The second kappa shape index (κ2) is 11.5. The molecule has 0 aliphatic rings. The summed E-state index contributed by atoms with van der Waals surface area (Å²) in [7, 11) is 0. The topological polar surface area (TPSA) is 83.7 Å². The Hall–Kier alpha value is -7.54. The van der Waals surface area contributed by atoms with Gasteiger partial charge in [0, 0.05) is 32.3 Å². The van der Waals surface area contributed by atoms with Gasteiger partial charge in [0.15, 0.2) is 0 Å². The van der Waals surface area contributed by atoms with Crippen LogP contribution in [0.4, 0.5) is 0 Å². The second-order valence-corrected chi connectivity index (χ2v) is 13.1. The molecule has 248 valence electrons. The number of benzene rings is 7. The molecule has 6 nitrogen and oxygen atoms in total. The van der Waals surface area contributed by atoms with Crippen molar-refractivity contribution in [2.45, 2.75) is 6.92 Å². The summed E-state index contributed by atoms with van der Waals surface area (Å²) < 4.78 is 17.4. The predicted molar refractivity (Wildman–Crippen MR) is 215 cm³/mol. The molecule has 0 atom stereocenters. The van der Waals surface area contributed by atoms with Crippen molar-refractivity contribution in [1.82, 2.24) is 9.13 Å². The molecule has 0 spiro atoms. The molecular weight excluding hydrogens is 653 g/mol. The van der Waals surface area contributed by atoms with E-state index in [1.165, 1.54) is 0 Å². The van der Waals surface area contributed by atoms with Gasteiger partial charge < -0.3 is 18.0 Å². The largest absolute Gasteiger partial charge is 0.455 e. The maximum absolute atomic E-state index is 10.8. The van der Waals surface area contributed by atoms with Crippen LogP contribution >= 0.6 is 0 Å². The van der Waals surface area contributed by atoms with Gasteiger partial charge in [-0.15, -0.1) is 6.58 Å². The third-order valence-corrected chi connectivity index (χ3v) is 10.2. The fraction of sp³-hybridized carbons (Fsp3) is 0.0213. The second-order valence-electron chi connectivity index (χ2n) is 13.1. The highest BCUT2D eigenvalue weighted by atomic mass is 16.3. The molecule has 7 aromatic carbocycles. The molecule has 0 fully saturated rings. The van der Waals surface area contributed by atoms with Gasteiger partial charge in [-0.05, 0) is 67.6 Å². The molecule has 0 aliphatic heterocycles. The summed E-state index contributed by atoms with van der Waals surface area (Å²) in [4.78, 5) is 0. The van der Waals surface area contributed by atoms with Crippen molar-refractivity contribution in [1.29, 1.82) is 10.5 Å². The predicted octanol–water partition coefficient (Wildman–Crippen LogP) is 12.6. The Morgan fingerprint density at radius 1 is 0.472 bits per heavy atom. The van der Waals surface area contributed by atoms with Crippen LogP contribution in [0.3, 0.4) is 0 Å². The van der Waals surface area contributed by atoms with Gasteiger partial charge in [-0.3, -0.25) is 0 Å². The van der Waals surface area contributed by atoms with Crippen LogP contribution in [-0.4, -0.2) is 9.13 Å². The first-order valence-electron chi connectivity index (χ1n) is 17.4. The Bertz CT molecular complexity index is 3190. The monoisotopic (exact) mass is 680 g/mol. The van der Waals surface area contributed by atoms with Crippen LogP contribution in [0.15, 0.2) is 155 Å². The average Bonchev–Trinajstić information content (AvgIpc) is 3.95. The smallest absolute Gasteiger partial charge is 0.145 e. The van der Waals surface area contributed by atoms with Crippen molar-refractivity contribution >= 4 is 87.5 Å². The van der Waals surface area contributed by atoms with Crippen LogP contribution in [0.1, 0.15) is 18.1 Å². The molecule has 0 saturated carbocycles. The summed E-state index contributed by atoms with van der Waals surface area (Å²) in [5, 5.41) is 29.6. The summed E-state index contributed by atoms with van der Waals surface area (Å²) >= 11 is 0. The van der Waals surface area contributed by atoms with E-state index in [-0.39, 0.29) is 0 Å². The number of fused-ring (bicyclic) bond motifs is 14. The average molecular weight is 681 g/mol. The number of allylic oxidation sites excluding steroid dienone is 1. The molecule has 0 amide bonds. The summed E-state index contributed by atoms with van der Waals surface area (Å²) in [5.41, 5.74) is 8.94. The molecule has 0 saturated heterocycles. The Morgan fingerprint density at radius 3 is 1.26 bits per heavy atom. The lowest BCUT2D eigenvalue weighted by Crippen LogP contribution is -2.08. The minimum atomic E-state index is 0.446. The van der Waals surface area contributed by atoms with E-state index in [0.29, 0.717) is 22.5 Å². The van der Waals surface area contributed by atoms with Crippen LogP contribution in [0.2, 0.25) is 0 Å². The van der Waals surface area contributed by atoms with Crippen LogP contribution in [0, 0.1) is 22.7 Å². The number of nitriles is 2. The van der Waals surface area contributed by atoms with E-state index in [0.717, 1.165) is 87.5 Å². The van der Waals surface area contributed by atoms with Crippen molar-refractivity contribution < 1.29 is 8.83 Å². The molecule has 11 aromatic rings. The van der Waals surface area contributed by atoms with Crippen LogP contribution in [-0.2, 0) is 0 Å². The van der Waals surface area contributed by atoms with Gasteiger partial charge in [0.25, 0.3) is 0 Å². The lowest BCUT2D eigenvalue weighted by Gasteiger charge is -2.19. The van der Waals surface area contributed by atoms with E-state index in [2.05, 4.69) is 88.5 Å². The molecule has 4 heterocycles. The van der Waals surface area contributed by atoms with Gasteiger partial charge in [-0.1, -0.05) is 78.9 Å². The number of hydrogen-bond acceptors (Lipinski definition) is 4. The van der Waals surface area contributed by atoms with Crippen LogP contribution < -0.4 is 0 Å². The molecule has 4 aromatic heterocycles. The van der Waals surface area contributed by atoms with E-state index >= 15 is 0 Å². The zero-order valence-electron chi connectivity index (χ0n) is 28.6. The van der Waals surface area contributed by atoms with Gasteiger partial charge >= 0.3 is 0 Å². The van der Waals surface area contributed by atoms with E-state index in [1.54, 1.807) is 18.2 Å². The number of rotatable bonds is 2. The van der Waals surface area contributed by atoms with Gasteiger partial charge in [-0.25, -0.2) is 0 Å². The first-order chi connectivity index (χ1) is 26.2. The fourth-order valence-corrected chi connectivity index (χ4v) is 8.16. The Morgan fingerprint density at radius 2 is 0.849 bits per heavy atom. The summed E-state index contributed by atoms with van der Waals surface area (Å²) in [6, 6.07) is 49.4. The molecule has 0 bridgehead atoms. The highest BCUT2D eigenvalue weighted by Crippen LogP contribution is 2.45. The molecular formula is C47H28N4O2. The minimum Gasteiger partial charge on any atom is -0.455 e. The van der Waals surface area contributed by atoms with Crippen molar-refractivity contribution in [3.63, 3.8) is 0 Å². The minimum absolute atomic E-state index is 0.446. The van der Waals surface area contributed by atoms with Crippen molar-refractivity contribution in [2.24, 2.45) is 0 Å². The third kappa shape index (κ3) is 4.12. The number of aromatic nitrogens is 2. The Balaban J connectivity index is 0.00000113. The highest BCUT2D eigenvalue weighted by molar-refractivity contribution is 6.25. The molecule has 11 rings (SSSR count). The highest BCUT2D eigenvalue weighted by Gasteiger charge is 2.27. The molecule has 6 heteroatoms. The lowest BCUT2D eigenvalue weighted by molar-refractivity contribution is 0.672. The number of nitrogens with zero attached hydrogens (tertiary/aromatic N) is 4. The Labute approximate surface area is 302 Å². The zero-order chi connectivity index (χ0) is 35.8. The normalized spacial score (nSPS) is 11.5. The SMILES string of the molecule is C=CC.N#Cc1ccc(C#N)c(-n2c3ccccc3c3c4oc5ccccc5c4ccc32)c1-n1c2ccccc2c2c3oc4ccccc4c3ccc21. The number of hydrogen-bond donors (Lipinski definition) is 0. The summed E-state index contributed by atoms with van der Waals surface area (Å²) in [6.07, 6.45) is 1.75. The molecule has 0 N–H and O–H groups in total. The quantitative estimate of drug-likeness (QED) is 0.170. The lowest BCUT2D eigenvalue weighted by atomic mass is 10.0. The van der Waals surface area contributed by atoms with Gasteiger partial charge in [-0.2, -0.15) is 10.5 Å². The van der Waals surface area contributed by atoms with Crippen LogP contribution in [0.5, 0.6) is 0 Å². The van der Waals surface area contributed by atoms with E-state index in [4.69, 9.17) is 8.83 Å². The van der Waals surface area contributed by atoms with E-state index in [9.17, 15) is 10.5 Å². The molecule has 0 radical (unpaired) electrons. The van der Waals surface area contributed by atoms with Gasteiger partial charge in [0.1, 0.15) is 34.5 Å². The standard InChI is InChI=1S/C44H22N4O2.C3H6/c45-23-25-17-18-26(24-46)42(48-34-14-6-2-12-32(34)40-36(48)22-20-30-28-10-4-8-16-38(28)50-44(30)40)41(25)47-33-13-5-1-11-31(33)39-35(47)21-19-29-27-9-3-7-15-37(27)49-43(29)39;1-3-2/h1-22H;3H,1H2,2H3. The molecule has 53 heavy (non-hydrogen) atoms. The zero-order valence-corrected chi connectivity index (χ0v) is 28.6. The van der Waals surface area contributed by atoms with E-state index < -0.39 is 0 Å². The van der Waals surface area contributed by atoms with Gasteiger partial charge in [0.05, 0.1) is 55.3 Å². The maximum Gasteiger partial charge on any atom is 0.145 e. The van der Waals surface area contributed by atoms with Gasteiger partial charge in [0.2, 0.25) is 0 Å². The number of furan rings is 2. The first kappa shape index (κ1) is 30.3. The summed E-state index contributed by atoms with van der Waals surface area (Å²) in [6.45, 7) is 5.25. The first-order valence-corrected chi connectivity index (χ1v) is 17.4.